The van der Waals surface area contributed by atoms with E-state index in [4.69, 9.17) is 9.84 Å². The number of phenols is 1. The standard InChI is InChI=1S/C24H23NO5S/c1-15(7-14-22(27)28)23(20-12-13-21(26)19-6-4-3-5-18(19)20)30-24(29)25-16-8-10-17(31-2)11-9-16/h3-15,23,26H,1-2H3,(H,25,29)(H,27,28)/b14-7+/t15-,23-/m1/s1. The summed E-state index contributed by atoms with van der Waals surface area (Å²) >= 11 is 1.60. The third kappa shape index (κ3) is 5.58. The van der Waals surface area contributed by atoms with Gasteiger partial charge in [-0.05, 0) is 42.0 Å². The maximum absolute atomic E-state index is 12.7. The Labute approximate surface area is 184 Å². The number of amides is 1. The molecule has 0 radical (unpaired) electrons. The highest BCUT2D eigenvalue weighted by Crippen LogP contribution is 2.36. The lowest BCUT2D eigenvalue weighted by Gasteiger charge is -2.24. The van der Waals surface area contributed by atoms with Crippen LogP contribution in [0.5, 0.6) is 5.75 Å². The molecular formula is C24H23NO5S. The first kappa shape index (κ1) is 22.2. The molecule has 0 aliphatic carbocycles. The number of phenolic OH excluding ortho intramolecular Hbond substituents is 1. The van der Waals surface area contributed by atoms with E-state index < -0.39 is 24.1 Å². The summed E-state index contributed by atoms with van der Waals surface area (Å²) in [7, 11) is 0. The SMILES string of the molecule is CSc1ccc(NC(=O)O[C@@H](c2ccc(O)c3ccccc23)[C@H](C)/C=C/C(=O)O)cc1. The van der Waals surface area contributed by atoms with Crippen molar-refractivity contribution in [3.63, 3.8) is 0 Å². The molecule has 0 aliphatic rings. The number of hydrogen-bond acceptors (Lipinski definition) is 5. The average Bonchev–Trinajstić information content (AvgIpc) is 2.77. The number of hydrogen-bond donors (Lipinski definition) is 3. The van der Waals surface area contributed by atoms with E-state index in [9.17, 15) is 14.7 Å². The predicted molar refractivity (Wildman–Crippen MR) is 123 cm³/mol. The molecule has 0 bridgehead atoms. The van der Waals surface area contributed by atoms with E-state index in [2.05, 4.69) is 5.32 Å². The van der Waals surface area contributed by atoms with Crippen LogP contribution in [-0.2, 0) is 9.53 Å². The summed E-state index contributed by atoms with van der Waals surface area (Å²) in [6.07, 6.45) is 3.05. The van der Waals surface area contributed by atoms with Crippen molar-refractivity contribution in [2.75, 3.05) is 11.6 Å². The van der Waals surface area contributed by atoms with Gasteiger partial charge in [-0.2, -0.15) is 0 Å². The Balaban J connectivity index is 1.92. The fourth-order valence-electron chi connectivity index (χ4n) is 3.28. The Morgan fingerprint density at radius 3 is 2.35 bits per heavy atom. The average molecular weight is 438 g/mol. The molecule has 3 N–H and O–H groups in total. The van der Waals surface area contributed by atoms with E-state index in [1.54, 1.807) is 55.1 Å². The summed E-state index contributed by atoms with van der Waals surface area (Å²) in [6, 6.07) is 17.8. The summed E-state index contributed by atoms with van der Waals surface area (Å²) in [4.78, 5) is 24.7. The number of aliphatic carboxylic acids is 1. The van der Waals surface area contributed by atoms with Crippen molar-refractivity contribution in [1.82, 2.24) is 0 Å². The first-order chi connectivity index (χ1) is 14.9. The Morgan fingerprint density at radius 1 is 1.03 bits per heavy atom. The zero-order valence-electron chi connectivity index (χ0n) is 17.1. The summed E-state index contributed by atoms with van der Waals surface area (Å²) in [5, 5.41) is 23.3. The highest BCUT2D eigenvalue weighted by Gasteiger charge is 2.25. The van der Waals surface area contributed by atoms with E-state index in [1.807, 2.05) is 30.5 Å². The number of carboxylic acids is 1. The van der Waals surface area contributed by atoms with Crippen LogP contribution in [-0.4, -0.2) is 28.5 Å². The molecule has 0 saturated carbocycles. The van der Waals surface area contributed by atoms with Crippen molar-refractivity contribution in [3.8, 4) is 5.75 Å². The number of thioether (sulfide) groups is 1. The van der Waals surface area contributed by atoms with Gasteiger partial charge in [0.25, 0.3) is 0 Å². The lowest BCUT2D eigenvalue weighted by Crippen LogP contribution is -2.21. The Bertz CT molecular complexity index is 1110. The van der Waals surface area contributed by atoms with Gasteiger partial charge in [0.15, 0.2) is 0 Å². The van der Waals surface area contributed by atoms with E-state index in [1.165, 1.54) is 6.08 Å². The van der Waals surface area contributed by atoms with Crippen molar-refractivity contribution < 1.29 is 24.5 Å². The Morgan fingerprint density at radius 2 is 1.71 bits per heavy atom. The minimum atomic E-state index is -1.08. The number of rotatable bonds is 7. The van der Waals surface area contributed by atoms with Crippen LogP contribution >= 0.6 is 11.8 Å². The number of ether oxygens (including phenoxy) is 1. The number of fused-ring (bicyclic) bond motifs is 1. The number of carbonyl (C=O) groups is 2. The molecule has 0 aliphatic heterocycles. The molecule has 160 valence electrons. The van der Waals surface area contributed by atoms with Crippen LogP contribution in [0.15, 0.2) is 77.7 Å². The molecule has 2 atom stereocenters. The Hall–Kier alpha value is -3.45. The molecule has 1 amide bonds. The van der Waals surface area contributed by atoms with Gasteiger partial charge in [0.05, 0.1) is 0 Å². The highest BCUT2D eigenvalue weighted by molar-refractivity contribution is 7.98. The zero-order chi connectivity index (χ0) is 22.4. The normalized spacial score (nSPS) is 13.1. The molecular weight excluding hydrogens is 414 g/mol. The maximum Gasteiger partial charge on any atom is 0.412 e. The van der Waals surface area contributed by atoms with E-state index in [-0.39, 0.29) is 5.75 Å². The van der Waals surface area contributed by atoms with Gasteiger partial charge in [0.1, 0.15) is 11.9 Å². The van der Waals surface area contributed by atoms with Crippen LogP contribution in [0.3, 0.4) is 0 Å². The number of carbonyl (C=O) groups excluding carboxylic acids is 1. The summed E-state index contributed by atoms with van der Waals surface area (Å²) < 4.78 is 5.76. The van der Waals surface area contributed by atoms with Gasteiger partial charge in [0, 0.05) is 33.5 Å². The second-order valence-corrected chi connectivity index (χ2v) is 7.84. The van der Waals surface area contributed by atoms with Crippen molar-refractivity contribution in [3.05, 3.63) is 78.4 Å². The molecule has 3 aromatic rings. The maximum atomic E-state index is 12.7. The lowest BCUT2D eigenvalue weighted by molar-refractivity contribution is -0.131. The molecule has 0 unspecified atom stereocenters. The summed E-state index contributed by atoms with van der Waals surface area (Å²) in [5.41, 5.74) is 1.26. The smallest absolute Gasteiger partial charge is 0.412 e. The van der Waals surface area contributed by atoms with Crippen LogP contribution in [0.2, 0.25) is 0 Å². The van der Waals surface area contributed by atoms with E-state index >= 15 is 0 Å². The van der Waals surface area contributed by atoms with E-state index in [0.717, 1.165) is 16.4 Å². The van der Waals surface area contributed by atoms with Gasteiger partial charge in [0.2, 0.25) is 0 Å². The molecule has 3 rings (SSSR count). The van der Waals surface area contributed by atoms with Crippen LogP contribution in [0.1, 0.15) is 18.6 Å². The van der Waals surface area contributed by atoms with Crippen LogP contribution in [0, 0.1) is 5.92 Å². The minimum Gasteiger partial charge on any atom is -0.507 e. The van der Waals surface area contributed by atoms with Gasteiger partial charge in [-0.1, -0.05) is 43.3 Å². The van der Waals surface area contributed by atoms with Crippen LogP contribution < -0.4 is 5.32 Å². The predicted octanol–water partition coefficient (Wildman–Crippen LogP) is 5.83. The number of anilines is 1. The summed E-state index contributed by atoms with van der Waals surface area (Å²) in [5.74, 6) is -1.40. The van der Waals surface area contributed by atoms with Gasteiger partial charge in [-0.25, -0.2) is 9.59 Å². The second-order valence-electron chi connectivity index (χ2n) is 6.96. The topological polar surface area (TPSA) is 95.9 Å². The highest BCUT2D eigenvalue weighted by atomic mass is 32.2. The fourth-order valence-corrected chi connectivity index (χ4v) is 3.69. The molecule has 0 saturated heterocycles. The van der Waals surface area contributed by atoms with Crippen molar-refractivity contribution in [1.29, 1.82) is 0 Å². The number of benzene rings is 3. The van der Waals surface area contributed by atoms with Crippen LogP contribution in [0.25, 0.3) is 10.8 Å². The van der Waals surface area contributed by atoms with Gasteiger partial charge < -0.3 is 14.9 Å². The third-order valence-corrected chi connectivity index (χ3v) is 5.58. The lowest BCUT2D eigenvalue weighted by atomic mass is 9.92. The first-order valence-corrected chi connectivity index (χ1v) is 10.8. The van der Waals surface area contributed by atoms with Crippen molar-refractivity contribution >= 4 is 40.3 Å². The fraction of sp³-hybridized carbons (Fsp3) is 0.167. The molecule has 7 heteroatoms. The quantitative estimate of drug-likeness (QED) is 0.318. The molecule has 31 heavy (non-hydrogen) atoms. The van der Waals surface area contributed by atoms with Crippen molar-refractivity contribution in [2.45, 2.75) is 17.9 Å². The monoisotopic (exact) mass is 437 g/mol. The number of aromatic hydroxyl groups is 1. The molecule has 0 fully saturated rings. The largest absolute Gasteiger partial charge is 0.507 e. The zero-order valence-corrected chi connectivity index (χ0v) is 17.9. The van der Waals surface area contributed by atoms with Crippen molar-refractivity contribution in [2.24, 2.45) is 5.92 Å². The number of nitrogens with one attached hydrogen (secondary N) is 1. The molecule has 0 aromatic heterocycles. The Kier molecular flexibility index (Phi) is 7.20. The van der Waals surface area contributed by atoms with Crippen LogP contribution in [0.4, 0.5) is 10.5 Å². The number of carboxylic acid groups (broad SMARTS) is 1. The first-order valence-electron chi connectivity index (χ1n) is 9.62. The van der Waals surface area contributed by atoms with Gasteiger partial charge in [-0.15, -0.1) is 11.8 Å². The summed E-state index contributed by atoms with van der Waals surface area (Å²) in [6.45, 7) is 1.77. The molecule has 6 nitrogen and oxygen atoms in total. The van der Waals surface area contributed by atoms with Gasteiger partial charge >= 0.3 is 12.1 Å². The van der Waals surface area contributed by atoms with E-state index in [0.29, 0.717) is 16.6 Å². The third-order valence-electron chi connectivity index (χ3n) is 4.83. The molecule has 0 spiro atoms. The second kappa shape index (κ2) is 10.0. The van der Waals surface area contributed by atoms with Gasteiger partial charge in [-0.3, -0.25) is 5.32 Å². The molecule has 0 heterocycles. The molecule has 3 aromatic carbocycles. The minimum absolute atomic E-state index is 0.116.